The lowest BCUT2D eigenvalue weighted by molar-refractivity contribution is 0.0248. The number of aryl methyl sites for hydroxylation is 2. The molecule has 1 aromatic heterocycles. The lowest BCUT2D eigenvalue weighted by Gasteiger charge is -2.34. The molecule has 18 heavy (non-hydrogen) atoms. The molecule has 1 aliphatic rings. The smallest absolute Gasteiger partial charge is 0.258 e. The van der Waals surface area contributed by atoms with Gasteiger partial charge in [0.2, 0.25) is 0 Å². The first-order valence-electron chi connectivity index (χ1n) is 6.08. The third kappa shape index (κ3) is 2.24. The molecule has 1 amide bonds. The molecule has 1 saturated heterocycles. The van der Waals surface area contributed by atoms with Crippen LogP contribution in [-0.4, -0.2) is 44.9 Å². The number of likely N-dealkylation sites (tertiary alicyclic amines) is 1. The number of piperidine rings is 1. The third-order valence-electron chi connectivity index (χ3n) is 3.57. The van der Waals surface area contributed by atoms with E-state index in [1.807, 2.05) is 6.92 Å². The average molecular weight is 272 g/mol. The molecule has 5 nitrogen and oxygen atoms in total. The first-order valence-corrected chi connectivity index (χ1v) is 6.46. The minimum Gasteiger partial charge on any atom is -0.391 e. The summed E-state index contributed by atoms with van der Waals surface area (Å²) in [6.07, 6.45) is 0.350. The van der Waals surface area contributed by atoms with Crippen LogP contribution < -0.4 is 0 Å². The van der Waals surface area contributed by atoms with Gasteiger partial charge in [-0.3, -0.25) is 9.48 Å². The molecule has 2 unspecified atom stereocenters. The predicted octanol–water partition coefficient (Wildman–Crippen LogP) is 1.22. The number of amides is 1. The second kappa shape index (κ2) is 4.90. The average Bonchev–Trinajstić information content (AvgIpc) is 2.56. The zero-order valence-electron chi connectivity index (χ0n) is 10.9. The van der Waals surface area contributed by atoms with Crippen molar-refractivity contribution in [1.82, 2.24) is 14.7 Å². The summed E-state index contributed by atoms with van der Waals surface area (Å²) in [7, 11) is 1.71. The number of rotatable bonds is 1. The van der Waals surface area contributed by atoms with Gasteiger partial charge in [0.05, 0.1) is 17.4 Å². The maximum absolute atomic E-state index is 12.4. The molecule has 2 atom stereocenters. The van der Waals surface area contributed by atoms with Crippen LogP contribution in [0, 0.1) is 12.8 Å². The quantitative estimate of drug-likeness (QED) is 0.836. The van der Waals surface area contributed by atoms with Crippen LogP contribution in [0.4, 0.5) is 0 Å². The number of aliphatic hydroxyl groups is 1. The van der Waals surface area contributed by atoms with Crippen molar-refractivity contribution in [3.63, 3.8) is 0 Å². The zero-order valence-corrected chi connectivity index (χ0v) is 11.6. The third-order valence-corrected chi connectivity index (χ3v) is 4.01. The molecule has 0 aliphatic carbocycles. The number of aromatic nitrogens is 2. The van der Waals surface area contributed by atoms with Crippen LogP contribution in [0.1, 0.15) is 29.4 Å². The molecular formula is C12H18ClN3O2. The number of carbonyl (C=O) groups excluding carboxylic acids is 1. The number of nitrogens with zero attached hydrogens (tertiary/aromatic N) is 3. The van der Waals surface area contributed by atoms with Crippen molar-refractivity contribution in [2.24, 2.45) is 13.0 Å². The molecule has 0 saturated carbocycles. The van der Waals surface area contributed by atoms with Crippen LogP contribution in [0.3, 0.4) is 0 Å². The molecule has 2 rings (SSSR count). The standard InChI is InChI=1S/C12H18ClN3O2/c1-7-4-5-16(6-9(7)17)12(18)10-8(2)14-15(3)11(10)13/h7,9,17H,4-6H2,1-3H3. The molecule has 1 fully saturated rings. The van der Waals surface area contributed by atoms with Crippen LogP contribution in [0.25, 0.3) is 0 Å². The predicted molar refractivity (Wildman–Crippen MR) is 68.6 cm³/mol. The second-order valence-electron chi connectivity index (χ2n) is 4.96. The van der Waals surface area contributed by atoms with Gasteiger partial charge in [-0.15, -0.1) is 0 Å². The number of aliphatic hydroxyl groups excluding tert-OH is 1. The SMILES string of the molecule is Cc1nn(C)c(Cl)c1C(=O)N1CCC(C)C(O)C1. The number of carbonyl (C=O) groups is 1. The van der Waals surface area contributed by atoms with E-state index in [1.165, 1.54) is 4.68 Å². The first-order chi connectivity index (χ1) is 8.41. The number of halogens is 1. The van der Waals surface area contributed by atoms with E-state index in [-0.39, 0.29) is 11.8 Å². The van der Waals surface area contributed by atoms with Crippen molar-refractivity contribution in [2.45, 2.75) is 26.4 Å². The minimum absolute atomic E-state index is 0.142. The fraction of sp³-hybridized carbons (Fsp3) is 0.667. The van der Waals surface area contributed by atoms with E-state index in [0.717, 1.165) is 6.42 Å². The molecule has 0 spiro atoms. The molecule has 6 heteroatoms. The van der Waals surface area contributed by atoms with Gasteiger partial charge in [0.15, 0.2) is 0 Å². The monoisotopic (exact) mass is 271 g/mol. The summed E-state index contributed by atoms with van der Waals surface area (Å²) in [6.45, 7) is 4.78. The normalized spacial score (nSPS) is 24.4. The van der Waals surface area contributed by atoms with Gasteiger partial charge >= 0.3 is 0 Å². The van der Waals surface area contributed by atoms with E-state index < -0.39 is 6.10 Å². The Morgan fingerprint density at radius 2 is 2.22 bits per heavy atom. The number of hydrogen-bond donors (Lipinski definition) is 1. The Kier molecular flexibility index (Phi) is 3.64. The van der Waals surface area contributed by atoms with E-state index >= 15 is 0 Å². The van der Waals surface area contributed by atoms with Crippen molar-refractivity contribution < 1.29 is 9.90 Å². The summed E-state index contributed by atoms with van der Waals surface area (Å²) < 4.78 is 1.49. The summed E-state index contributed by atoms with van der Waals surface area (Å²) in [6, 6.07) is 0. The topological polar surface area (TPSA) is 58.4 Å². The van der Waals surface area contributed by atoms with Gasteiger partial charge in [-0.05, 0) is 19.3 Å². The van der Waals surface area contributed by atoms with E-state index in [4.69, 9.17) is 11.6 Å². The van der Waals surface area contributed by atoms with Gasteiger partial charge in [0.1, 0.15) is 5.15 Å². The molecule has 100 valence electrons. The van der Waals surface area contributed by atoms with Crippen molar-refractivity contribution in [3.8, 4) is 0 Å². The van der Waals surface area contributed by atoms with Crippen LogP contribution in [0.2, 0.25) is 5.15 Å². The fourth-order valence-corrected chi connectivity index (χ4v) is 2.52. The van der Waals surface area contributed by atoms with Gasteiger partial charge in [-0.1, -0.05) is 18.5 Å². The molecular weight excluding hydrogens is 254 g/mol. The molecule has 0 aromatic carbocycles. The minimum atomic E-state index is -0.460. The van der Waals surface area contributed by atoms with Crippen molar-refractivity contribution in [2.75, 3.05) is 13.1 Å². The highest BCUT2D eigenvalue weighted by atomic mass is 35.5. The molecule has 1 aliphatic heterocycles. The van der Waals surface area contributed by atoms with Crippen LogP contribution in [0.15, 0.2) is 0 Å². The van der Waals surface area contributed by atoms with Crippen molar-refractivity contribution in [1.29, 1.82) is 0 Å². The summed E-state index contributed by atoms with van der Waals surface area (Å²) in [4.78, 5) is 14.0. The fourth-order valence-electron chi connectivity index (χ4n) is 2.26. The van der Waals surface area contributed by atoms with Gasteiger partial charge in [-0.2, -0.15) is 5.10 Å². The Morgan fingerprint density at radius 3 is 2.72 bits per heavy atom. The van der Waals surface area contributed by atoms with Gasteiger partial charge < -0.3 is 10.0 Å². The van der Waals surface area contributed by atoms with Crippen molar-refractivity contribution >= 4 is 17.5 Å². The maximum Gasteiger partial charge on any atom is 0.258 e. The van der Waals surface area contributed by atoms with Crippen LogP contribution in [0.5, 0.6) is 0 Å². The Labute approximate surface area is 111 Å². The number of β-amino-alcohol motifs (C(OH)–C–C–N with tert-alkyl or cyclic N) is 1. The van der Waals surface area contributed by atoms with Gasteiger partial charge in [0.25, 0.3) is 5.91 Å². The second-order valence-corrected chi connectivity index (χ2v) is 5.32. The molecule has 1 N–H and O–H groups in total. The van der Waals surface area contributed by atoms with E-state index in [9.17, 15) is 9.90 Å². The summed E-state index contributed by atoms with van der Waals surface area (Å²) in [5, 5.41) is 14.3. The van der Waals surface area contributed by atoms with Gasteiger partial charge in [0, 0.05) is 20.1 Å². The zero-order chi connectivity index (χ0) is 13.4. The lowest BCUT2D eigenvalue weighted by atomic mass is 9.95. The van der Waals surface area contributed by atoms with Gasteiger partial charge in [-0.25, -0.2) is 0 Å². The number of hydrogen-bond acceptors (Lipinski definition) is 3. The Hall–Kier alpha value is -1.07. The first kappa shape index (κ1) is 13.4. The van der Waals surface area contributed by atoms with E-state index in [2.05, 4.69) is 5.10 Å². The highest BCUT2D eigenvalue weighted by Gasteiger charge is 2.30. The molecule has 1 aromatic rings. The summed E-state index contributed by atoms with van der Waals surface area (Å²) in [5.41, 5.74) is 1.07. The largest absolute Gasteiger partial charge is 0.391 e. The Balaban J connectivity index is 2.21. The lowest BCUT2D eigenvalue weighted by Crippen LogP contribution is -2.46. The van der Waals surface area contributed by atoms with E-state index in [0.29, 0.717) is 29.5 Å². The Bertz CT molecular complexity index is 472. The molecule has 0 bridgehead atoms. The highest BCUT2D eigenvalue weighted by Crippen LogP contribution is 2.24. The van der Waals surface area contributed by atoms with Crippen molar-refractivity contribution in [3.05, 3.63) is 16.4 Å². The molecule has 0 radical (unpaired) electrons. The Morgan fingerprint density at radius 1 is 1.56 bits per heavy atom. The maximum atomic E-state index is 12.4. The highest BCUT2D eigenvalue weighted by molar-refractivity contribution is 6.33. The molecule has 2 heterocycles. The van der Waals surface area contributed by atoms with Crippen LogP contribution >= 0.6 is 11.6 Å². The summed E-state index contributed by atoms with van der Waals surface area (Å²) >= 11 is 6.08. The van der Waals surface area contributed by atoms with Crippen LogP contribution in [-0.2, 0) is 7.05 Å². The van der Waals surface area contributed by atoms with E-state index in [1.54, 1.807) is 18.9 Å². The summed E-state index contributed by atoms with van der Waals surface area (Å²) in [5.74, 6) is 0.0936.